The van der Waals surface area contributed by atoms with Crippen molar-refractivity contribution in [3.05, 3.63) is 144 Å². The number of esters is 1. The molecule has 2 amide bonds. The van der Waals surface area contributed by atoms with Gasteiger partial charge in [0.2, 0.25) is 0 Å². The highest BCUT2D eigenvalue weighted by Gasteiger charge is 2.48. The lowest BCUT2D eigenvalue weighted by Crippen LogP contribution is -2.64. The van der Waals surface area contributed by atoms with E-state index in [1.807, 2.05) is 55.5 Å². The van der Waals surface area contributed by atoms with Gasteiger partial charge in [0.15, 0.2) is 12.6 Å². The van der Waals surface area contributed by atoms with Gasteiger partial charge in [-0.2, -0.15) is 0 Å². The number of nitrogens with one attached hydrogen (secondary N) is 2. The highest BCUT2D eigenvalue weighted by atomic mass is 16.9. The molecule has 4 aromatic rings. The van der Waals surface area contributed by atoms with Gasteiger partial charge in [0.25, 0.3) is 0 Å². The van der Waals surface area contributed by atoms with E-state index in [4.69, 9.17) is 23.7 Å². The molecule has 0 saturated carbocycles. The van der Waals surface area contributed by atoms with Gasteiger partial charge in [0.05, 0.1) is 12.1 Å². The van der Waals surface area contributed by atoms with Crippen molar-refractivity contribution in [2.24, 2.45) is 0 Å². The molecule has 8 rings (SSSR count). The van der Waals surface area contributed by atoms with Gasteiger partial charge in [-0.1, -0.05) is 121 Å². The summed E-state index contributed by atoms with van der Waals surface area (Å²) in [5.41, 5.74) is 7.26. The predicted molar refractivity (Wildman–Crippen MR) is 248 cm³/mol. The zero-order chi connectivity index (χ0) is 44.4. The van der Waals surface area contributed by atoms with Crippen LogP contribution >= 0.6 is 0 Å². The minimum absolute atomic E-state index is 0.0444. The second kappa shape index (κ2) is 20.9. The van der Waals surface area contributed by atoms with Gasteiger partial charge >= 0.3 is 18.2 Å². The molecule has 0 aromatic heterocycles. The van der Waals surface area contributed by atoms with Gasteiger partial charge in [-0.05, 0) is 135 Å². The normalized spacial score (nSPS) is 23.8. The summed E-state index contributed by atoms with van der Waals surface area (Å²) in [7, 11) is 0. The second-order valence-electron chi connectivity index (χ2n) is 17.5. The van der Waals surface area contributed by atoms with Gasteiger partial charge in [-0.3, -0.25) is 0 Å². The predicted octanol–water partition coefficient (Wildman–Crippen LogP) is 11.6. The van der Waals surface area contributed by atoms with E-state index >= 15 is 0 Å². The number of fused-ring (bicyclic) bond motifs is 6. The van der Waals surface area contributed by atoms with E-state index in [0.29, 0.717) is 51.4 Å². The van der Waals surface area contributed by atoms with Gasteiger partial charge < -0.3 is 34.3 Å². The van der Waals surface area contributed by atoms with Crippen molar-refractivity contribution in [2.45, 2.75) is 126 Å². The van der Waals surface area contributed by atoms with Gasteiger partial charge in [-0.15, -0.1) is 0 Å². The molecule has 336 valence electrons. The molecule has 0 radical (unpaired) electrons. The Morgan fingerprint density at radius 1 is 0.547 bits per heavy atom. The molecular formula is C54H62N2O8. The maximum atomic E-state index is 13.8. The van der Waals surface area contributed by atoms with Crippen LogP contribution in [0.25, 0.3) is 22.3 Å². The molecule has 0 spiro atoms. The molecule has 0 bridgehead atoms. The van der Waals surface area contributed by atoms with E-state index in [9.17, 15) is 14.4 Å². The summed E-state index contributed by atoms with van der Waals surface area (Å²) in [5.74, 6) is -0.568. The first-order chi connectivity index (χ1) is 31.3. The Morgan fingerprint density at radius 2 is 0.922 bits per heavy atom. The van der Waals surface area contributed by atoms with Crippen LogP contribution in [0.15, 0.2) is 121 Å². The second-order valence-corrected chi connectivity index (χ2v) is 17.5. The fourth-order valence-corrected chi connectivity index (χ4v) is 10.2. The summed E-state index contributed by atoms with van der Waals surface area (Å²) in [4.78, 5) is 41.3. The van der Waals surface area contributed by atoms with Crippen LogP contribution in [0.4, 0.5) is 9.59 Å². The van der Waals surface area contributed by atoms with Crippen LogP contribution in [-0.4, -0.2) is 61.6 Å². The summed E-state index contributed by atoms with van der Waals surface area (Å²) in [6.07, 6.45) is 14.5. The van der Waals surface area contributed by atoms with Gasteiger partial charge in [0, 0.05) is 11.8 Å². The van der Waals surface area contributed by atoms with Crippen LogP contribution in [-0.2, 0) is 28.5 Å². The third-order valence-electron chi connectivity index (χ3n) is 13.4. The number of carbonyl (C=O) groups is 3. The van der Waals surface area contributed by atoms with Crippen molar-refractivity contribution < 1.29 is 38.1 Å². The first-order valence-electron chi connectivity index (χ1n) is 23.4. The summed E-state index contributed by atoms with van der Waals surface area (Å²) in [6, 6.07) is 33.1. The SMILES string of the molecule is CCOC(=O)C1(NC(=O)OCC2c3ccccc3-c3ccccc32)CCCC=CCCCC(NC(=O)OCC2c3ccccc3-c3ccccc32)(C2OC(C)O2)CCCC=CCCC1. The maximum Gasteiger partial charge on any atom is 0.408 e. The van der Waals surface area contributed by atoms with Crippen molar-refractivity contribution in [1.82, 2.24) is 10.6 Å². The standard InChI is InChI=1S/C54H62N2O8/c1-3-60-49(57)53(55-51(58)61-36-47-43-28-16-12-24-39(43)40-25-13-17-29-44(40)47)32-20-8-4-6-10-22-34-54(50-63-38(2)64-50,35-23-11-7-5-9-21-33-53)56-52(59)62-37-48-45-30-18-14-26-41(45)42-27-15-19-31-46(42)48/h4-7,12-19,24-31,38,47-48,50H,3,8-11,20-23,32-37H2,1-2H3,(H,55,58)(H,56,59). The topological polar surface area (TPSA) is 121 Å². The van der Waals surface area contributed by atoms with Crippen molar-refractivity contribution >= 4 is 18.2 Å². The molecule has 1 heterocycles. The average molecular weight is 867 g/mol. The quantitative estimate of drug-likeness (QED) is 0.0969. The van der Waals surface area contributed by atoms with Crippen molar-refractivity contribution in [2.75, 3.05) is 19.8 Å². The number of hydrogen-bond donors (Lipinski definition) is 2. The summed E-state index contributed by atoms with van der Waals surface area (Å²) in [6.45, 7) is 4.25. The Bertz CT molecular complexity index is 2200. The Balaban J connectivity index is 0.909. The number of amides is 2. The highest BCUT2D eigenvalue weighted by Crippen LogP contribution is 2.46. The van der Waals surface area contributed by atoms with Crippen LogP contribution in [0.3, 0.4) is 0 Å². The molecule has 0 atom stereocenters. The van der Waals surface area contributed by atoms with E-state index in [-0.39, 0.29) is 37.9 Å². The minimum atomic E-state index is -1.23. The molecule has 10 heteroatoms. The molecule has 1 fully saturated rings. The summed E-state index contributed by atoms with van der Waals surface area (Å²) in [5, 5.41) is 6.32. The molecule has 64 heavy (non-hydrogen) atoms. The lowest BCUT2D eigenvalue weighted by Gasteiger charge is -2.47. The smallest absolute Gasteiger partial charge is 0.408 e. The number of ether oxygens (including phenoxy) is 5. The lowest BCUT2D eigenvalue weighted by atomic mass is 9.85. The Kier molecular flexibility index (Phi) is 14.6. The van der Waals surface area contributed by atoms with Crippen LogP contribution in [0.1, 0.15) is 125 Å². The fraction of sp³-hybridized carbons (Fsp3) is 0.426. The van der Waals surface area contributed by atoms with Crippen LogP contribution in [0, 0.1) is 0 Å². The molecule has 2 N–H and O–H groups in total. The summed E-state index contributed by atoms with van der Waals surface area (Å²) < 4.78 is 29.9. The zero-order valence-electron chi connectivity index (χ0n) is 37.2. The van der Waals surface area contributed by atoms with Crippen molar-refractivity contribution in [3.8, 4) is 22.3 Å². The molecule has 1 saturated heterocycles. The zero-order valence-corrected chi connectivity index (χ0v) is 37.2. The molecule has 1 aliphatic heterocycles. The first kappa shape index (κ1) is 44.9. The molecule has 4 aromatic carbocycles. The van der Waals surface area contributed by atoms with Gasteiger partial charge in [0.1, 0.15) is 18.8 Å². The van der Waals surface area contributed by atoms with Gasteiger partial charge in [-0.25, -0.2) is 14.4 Å². The number of hydrogen-bond acceptors (Lipinski definition) is 8. The number of rotatable bonds is 9. The fourth-order valence-electron chi connectivity index (χ4n) is 10.2. The van der Waals surface area contributed by atoms with E-state index in [2.05, 4.69) is 83.5 Å². The van der Waals surface area contributed by atoms with Crippen LogP contribution < -0.4 is 10.6 Å². The third kappa shape index (κ3) is 9.98. The van der Waals surface area contributed by atoms with Crippen molar-refractivity contribution in [3.63, 3.8) is 0 Å². The minimum Gasteiger partial charge on any atom is -0.464 e. The average Bonchev–Trinajstić information content (AvgIpc) is 3.80. The molecule has 10 nitrogen and oxygen atoms in total. The monoisotopic (exact) mass is 866 g/mol. The Morgan fingerprint density at radius 3 is 1.31 bits per heavy atom. The maximum absolute atomic E-state index is 13.8. The highest BCUT2D eigenvalue weighted by molar-refractivity contribution is 5.86. The lowest BCUT2D eigenvalue weighted by molar-refractivity contribution is -0.399. The third-order valence-corrected chi connectivity index (χ3v) is 13.4. The van der Waals surface area contributed by atoms with E-state index in [1.165, 1.54) is 22.3 Å². The molecule has 3 aliphatic carbocycles. The van der Waals surface area contributed by atoms with Crippen LogP contribution in [0.2, 0.25) is 0 Å². The summed E-state index contributed by atoms with van der Waals surface area (Å²) >= 11 is 0. The number of allylic oxidation sites excluding steroid dienone is 4. The van der Waals surface area contributed by atoms with E-state index in [0.717, 1.165) is 47.9 Å². The van der Waals surface area contributed by atoms with Crippen LogP contribution in [0.5, 0.6) is 0 Å². The number of carbonyl (C=O) groups excluding carboxylic acids is 3. The molecular weight excluding hydrogens is 805 g/mol. The largest absolute Gasteiger partial charge is 0.464 e. The molecule has 4 aliphatic rings. The first-order valence-corrected chi connectivity index (χ1v) is 23.4. The number of alkyl carbamates (subject to hydrolysis) is 2. The Labute approximate surface area is 377 Å². The van der Waals surface area contributed by atoms with Crippen molar-refractivity contribution in [1.29, 1.82) is 0 Å². The Hall–Kier alpha value is -5.71. The van der Waals surface area contributed by atoms with E-state index < -0.39 is 35.5 Å². The molecule has 0 unspecified atom stereocenters. The van der Waals surface area contributed by atoms with E-state index in [1.54, 1.807) is 6.92 Å². The number of benzene rings is 4.